The normalized spacial score (nSPS) is 14.0. The van der Waals surface area contributed by atoms with Crippen LogP contribution in [0, 0.1) is 6.92 Å². The maximum Gasteiger partial charge on any atom is 0.264 e. The second-order valence-corrected chi connectivity index (χ2v) is 11.2. The van der Waals surface area contributed by atoms with Gasteiger partial charge in [0.05, 0.1) is 24.8 Å². The van der Waals surface area contributed by atoms with Crippen LogP contribution in [0.2, 0.25) is 0 Å². The lowest BCUT2D eigenvalue weighted by molar-refractivity contribution is -0.119. The minimum atomic E-state index is -4.10. The molecule has 4 rings (SSSR count). The zero-order valence-electron chi connectivity index (χ0n) is 22.5. The largest absolute Gasteiger partial charge is 0.497 e. The lowest BCUT2D eigenvalue weighted by atomic mass is 10.1. The Kier molecular flexibility index (Phi) is 9.21. The van der Waals surface area contributed by atoms with Crippen molar-refractivity contribution in [1.29, 1.82) is 0 Å². The molecule has 3 aromatic rings. The summed E-state index contributed by atoms with van der Waals surface area (Å²) < 4.78 is 39.2. The average molecular weight is 551 g/mol. The molecule has 1 amide bonds. The van der Waals surface area contributed by atoms with Crippen LogP contribution < -0.4 is 19.2 Å². The van der Waals surface area contributed by atoms with E-state index in [9.17, 15) is 13.2 Å². The Morgan fingerprint density at radius 2 is 1.67 bits per heavy atom. The summed E-state index contributed by atoms with van der Waals surface area (Å²) in [5.74, 6) is 0.204. The minimum absolute atomic E-state index is 0.0656. The molecule has 1 saturated heterocycles. The fraction of sp³-hybridized carbons (Fsp3) is 0.310. The number of hydrogen-bond donors (Lipinski definition) is 1. The molecule has 0 saturated carbocycles. The van der Waals surface area contributed by atoms with Gasteiger partial charge in [-0.15, -0.1) is 0 Å². The van der Waals surface area contributed by atoms with Crippen molar-refractivity contribution in [3.05, 3.63) is 83.9 Å². The molecule has 1 aliphatic heterocycles. The average Bonchev–Trinajstić information content (AvgIpc) is 2.96. The Bertz CT molecular complexity index is 1400. The van der Waals surface area contributed by atoms with Crippen molar-refractivity contribution in [3.8, 4) is 11.5 Å². The topological polar surface area (TPSA) is 101 Å². The van der Waals surface area contributed by atoms with Crippen LogP contribution in [-0.2, 0) is 21.4 Å². The van der Waals surface area contributed by atoms with Gasteiger partial charge >= 0.3 is 0 Å². The first-order valence-electron chi connectivity index (χ1n) is 12.7. The second kappa shape index (κ2) is 12.8. The summed E-state index contributed by atoms with van der Waals surface area (Å²) in [6.45, 7) is 3.94. The molecule has 1 fully saturated rings. The van der Waals surface area contributed by atoms with E-state index in [0.717, 1.165) is 48.1 Å². The van der Waals surface area contributed by atoms with Crippen LogP contribution in [0.15, 0.2) is 82.8 Å². The number of methoxy groups -OCH3 is 2. The highest BCUT2D eigenvalue weighted by Gasteiger charge is 2.30. The maximum absolute atomic E-state index is 13.7. The highest BCUT2D eigenvalue weighted by atomic mass is 32.2. The van der Waals surface area contributed by atoms with Gasteiger partial charge in [-0.3, -0.25) is 14.0 Å². The van der Waals surface area contributed by atoms with E-state index in [2.05, 4.69) is 27.6 Å². The van der Waals surface area contributed by atoms with Gasteiger partial charge in [-0.25, -0.2) is 13.8 Å². The summed E-state index contributed by atoms with van der Waals surface area (Å²) in [4.78, 5) is 15.4. The number of carbonyl (C=O) groups excluding carboxylic acids is 1. The molecule has 0 aliphatic carbocycles. The molecule has 1 aliphatic rings. The summed E-state index contributed by atoms with van der Waals surface area (Å²) in [6, 6.07) is 21.5. The number of nitrogens with one attached hydrogen (secondary N) is 1. The van der Waals surface area contributed by atoms with E-state index in [0.29, 0.717) is 5.75 Å². The Morgan fingerprint density at radius 3 is 2.31 bits per heavy atom. The number of likely N-dealkylation sites (tertiary alicyclic amines) is 1. The number of nitrogens with zero attached hydrogens (tertiary/aromatic N) is 3. The first-order chi connectivity index (χ1) is 18.8. The van der Waals surface area contributed by atoms with E-state index in [1.54, 1.807) is 30.3 Å². The van der Waals surface area contributed by atoms with Gasteiger partial charge in [0.15, 0.2) is 0 Å². The molecule has 0 unspecified atom stereocenters. The molecule has 39 heavy (non-hydrogen) atoms. The van der Waals surface area contributed by atoms with Gasteiger partial charge in [-0.05, 0) is 36.8 Å². The monoisotopic (exact) mass is 550 g/mol. The lowest BCUT2D eigenvalue weighted by Crippen LogP contribution is -2.40. The van der Waals surface area contributed by atoms with Gasteiger partial charge in [0, 0.05) is 44.3 Å². The van der Waals surface area contributed by atoms with Crippen LogP contribution in [0.1, 0.15) is 24.0 Å². The van der Waals surface area contributed by atoms with E-state index < -0.39 is 22.5 Å². The molecule has 0 bridgehead atoms. The van der Waals surface area contributed by atoms with Crippen molar-refractivity contribution in [2.24, 2.45) is 5.10 Å². The number of piperidine rings is 1. The fourth-order valence-corrected chi connectivity index (χ4v) is 5.79. The number of hydrogen-bond acceptors (Lipinski definition) is 7. The molecule has 1 N–H and O–H groups in total. The van der Waals surface area contributed by atoms with Crippen LogP contribution in [0.25, 0.3) is 0 Å². The molecule has 0 atom stereocenters. The predicted octanol–water partition coefficient (Wildman–Crippen LogP) is 3.98. The number of carbonyl (C=O) groups is 1. The third-order valence-corrected chi connectivity index (χ3v) is 8.35. The molecule has 10 heteroatoms. The summed E-state index contributed by atoms with van der Waals surface area (Å²) in [6.07, 6.45) is 1.45. The van der Waals surface area contributed by atoms with Crippen LogP contribution >= 0.6 is 0 Å². The third kappa shape index (κ3) is 7.15. The van der Waals surface area contributed by atoms with Gasteiger partial charge in [0.2, 0.25) is 0 Å². The minimum Gasteiger partial charge on any atom is -0.497 e. The predicted molar refractivity (Wildman–Crippen MR) is 152 cm³/mol. The number of hydrazone groups is 1. The van der Waals surface area contributed by atoms with Crippen molar-refractivity contribution < 1.29 is 22.7 Å². The van der Waals surface area contributed by atoms with Crippen molar-refractivity contribution >= 4 is 27.3 Å². The van der Waals surface area contributed by atoms with Crippen molar-refractivity contribution in [2.45, 2.75) is 31.2 Å². The number of amides is 1. The highest BCUT2D eigenvalue weighted by Crippen LogP contribution is 2.35. The van der Waals surface area contributed by atoms with Gasteiger partial charge in [0.25, 0.3) is 15.9 Å². The molecular formula is C29H34N4O5S. The number of sulfonamides is 1. The van der Waals surface area contributed by atoms with E-state index in [1.165, 1.54) is 31.9 Å². The van der Waals surface area contributed by atoms with E-state index in [1.807, 2.05) is 25.1 Å². The quantitative estimate of drug-likeness (QED) is 0.384. The van der Waals surface area contributed by atoms with E-state index >= 15 is 0 Å². The summed E-state index contributed by atoms with van der Waals surface area (Å²) >= 11 is 0. The van der Waals surface area contributed by atoms with Crippen LogP contribution in [0.3, 0.4) is 0 Å². The Morgan fingerprint density at radius 1 is 0.974 bits per heavy atom. The number of anilines is 1. The lowest BCUT2D eigenvalue weighted by Gasteiger charge is -2.28. The van der Waals surface area contributed by atoms with E-state index in [4.69, 9.17) is 9.47 Å². The zero-order chi connectivity index (χ0) is 27.8. The molecule has 1 heterocycles. The Balaban J connectivity index is 1.49. The van der Waals surface area contributed by atoms with Crippen LogP contribution in [0.5, 0.6) is 11.5 Å². The molecule has 0 spiro atoms. The number of aryl methyl sites for hydroxylation is 1. The highest BCUT2D eigenvalue weighted by molar-refractivity contribution is 7.92. The zero-order valence-corrected chi connectivity index (χ0v) is 23.3. The molecule has 206 valence electrons. The smallest absolute Gasteiger partial charge is 0.264 e. The number of rotatable bonds is 10. The van der Waals surface area contributed by atoms with Crippen LogP contribution in [-0.4, -0.2) is 58.8 Å². The van der Waals surface area contributed by atoms with Gasteiger partial charge in [-0.1, -0.05) is 48.0 Å². The Hall–Kier alpha value is -3.89. The van der Waals surface area contributed by atoms with Gasteiger partial charge < -0.3 is 9.47 Å². The van der Waals surface area contributed by atoms with E-state index in [-0.39, 0.29) is 16.3 Å². The standard InChI is InChI=1S/C29H34N4O5S/c1-22-9-12-26(13-10-22)39(35,36)33(27-14-11-25(37-2)19-28(27)38-3)21-29(34)31-30-24-15-17-32(18-16-24)20-23-7-5-4-6-8-23/h4-14,19H,15-18,20-21H2,1-3H3,(H,31,34). The summed E-state index contributed by atoms with van der Waals surface area (Å²) in [7, 11) is -1.16. The molecule has 0 aromatic heterocycles. The fourth-order valence-electron chi connectivity index (χ4n) is 4.36. The maximum atomic E-state index is 13.7. The van der Waals surface area contributed by atoms with Gasteiger partial charge in [-0.2, -0.15) is 5.10 Å². The van der Waals surface area contributed by atoms with Crippen LogP contribution in [0.4, 0.5) is 5.69 Å². The molecular weight excluding hydrogens is 516 g/mol. The molecule has 0 radical (unpaired) electrons. The molecule has 3 aromatic carbocycles. The third-order valence-electron chi connectivity index (χ3n) is 6.57. The number of ether oxygens (including phenoxy) is 2. The summed E-state index contributed by atoms with van der Waals surface area (Å²) in [5, 5.41) is 4.33. The Labute approximate surface area is 230 Å². The summed E-state index contributed by atoms with van der Waals surface area (Å²) in [5.41, 5.74) is 5.85. The second-order valence-electron chi connectivity index (χ2n) is 9.34. The first-order valence-corrected chi connectivity index (χ1v) is 14.2. The van der Waals surface area contributed by atoms with Crippen molar-refractivity contribution in [2.75, 3.05) is 38.2 Å². The van der Waals surface area contributed by atoms with Gasteiger partial charge in [0.1, 0.15) is 18.0 Å². The van der Waals surface area contributed by atoms with Crippen molar-refractivity contribution in [1.82, 2.24) is 10.3 Å². The molecule has 9 nitrogen and oxygen atoms in total. The first kappa shape index (κ1) is 28.1. The number of benzene rings is 3. The SMILES string of the molecule is COc1ccc(N(CC(=O)NN=C2CCN(Cc3ccccc3)CC2)S(=O)(=O)c2ccc(C)cc2)c(OC)c1. The van der Waals surface area contributed by atoms with Crippen molar-refractivity contribution in [3.63, 3.8) is 0 Å².